The number of nitrogens with one attached hydrogen (secondary N) is 3. The Bertz CT molecular complexity index is 494. The SMILES string of the molecule is CC(C)(N)CNC(=O)c1c[nH]c(=O)[nH]c1=O. The molecule has 0 atom stereocenters. The molecule has 0 aliphatic rings. The van der Waals surface area contributed by atoms with E-state index in [1.807, 2.05) is 4.98 Å². The lowest BCUT2D eigenvalue weighted by atomic mass is 10.1. The monoisotopic (exact) mass is 226 g/mol. The Hall–Kier alpha value is -1.89. The summed E-state index contributed by atoms with van der Waals surface area (Å²) in [5.74, 6) is -0.573. The summed E-state index contributed by atoms with van der Waals surface area (Å²) in [7, 11) is 0. The van der Waals surface area contributed by atoms with Gasteiger partial charge in [0, 0.05) is 18.3 Å². The van der Waals surface area contributed by atoms with Crippen molar-refractivity contribution in [2.75, 3.05) is 6.54 Å². The van der Waals surface area contributed by atoms with E-state index in [1.54, 1.807) is 13.8 Å². The van der Waals surface area contributed by atoms with Crippen molar-refractivity contribution < 1.29 is 4.79 Å². The highest BCUT2D eigenvalue weighted by molar-refractivity contribution is 5.93. The second-order valence-electron chi connectivity index (χ2n) is 4.16. The van der Waals surface area contributed by atoms with Gasteiger partial charge in [-0.2, -0.15) is 0 Å². The Balaban J connectivity index is 2.82. The van der Waals surface area contributed by atoms with E-state index in [1.165, 1.54) is 0 Å². The molecule has 0 radical (unpaired) electrons. The Morgan fingerprint density at radius 3 is 2.62 bits per heavy atom. The average Bonchev–Trinajstić information content (AvgIpc) is 2.13. The molecule has 1 rings (SSSR count). The van der Waals surface area contributed by atoms with Gasteiger partial charge in [-0.05, 0) is 13.8 Å². The van der Waals surface area contributed by atoms with Crippen molar-refractivity contribution >= 4 is 5.91 Å². The lowest BCUT2D eigenvalue weighted by molar-refractivity contribution is 0.0944. The summed E-state index contributed by atoms with van der Waals surface area (Å²) in [6.07, 6.45) is 1.07. The smallest absolute Gasteiger partial charge is 0.325 e. The molecule has 5 N–H and O–H groups in total. The normalized spacial score (nSPS) is 11.2. The maximum Gasteiger partial charge on any atom is 0.325 e. The number of H-pyrrole nitrogens is 2. The summed E-state index contributed by atoms with van der Waals surface area (Å²) in [6, 6.07) is 0. The highest BCUT2D eigenvalue weighted by atomic mass is 16.2. The van der Waals surface area contributed by atoms with Gasteiger partial charge in [0.25, 0.3) is 11.5 Å². The molecule has 7 nitrogen and oxygen atoms in total. The fraction of sp³-hybridized carbons (Fsp3) is 0.444. The minimum Gasteiger partial charge on any atom is -0.350 e. The van der Waals surface area contributed by atoms with Gasteiger partial charge in [-0.1, -0.05) is 0 Å². The first kappa shape index (κ1) is 12.2. The first-order valence-corrected chi connectivity index (χ1v) is 4.69. The molecule has 1 heterocycles. The minimum atomic E-state index is -0.726. The summed E-state index contributed by atoms with van der Waals surface area (Å²) < 4.78 is 0. The van der Waals surface area contributed by atoms with Crippen LogP contribution in [-0.4, -0.2) is 28.0 Å². The van der Waals surface area contributed by atoms with E-state index in [9.17, 15) is 14.4 Å². The molecular formula is C9H14N4O3. The van der Waals surface area contributed by atoms with Gasteiger partial charge in [-0.15, -0.1) is 0 Å². The van der Waals surface area contributed by atoms with E-state index in [-0.39, 0.29) is 12.1 Å². The first-order valence-electron chi connectivity index (χ1n) is 4.69. The second kappa shape index (κ2) is 4.31. The van der Waals surface area contributed by atoms with Crippen LogP contribution in [0.2, 0.25) is 0 Å². The topological polar surface area (TPSA) is 121 Å². The van der Waals surface area contributed by atoms with Crippen LogP contribution in [0.1, 0.15) is 24.2 Å². The van der Waals surface area contributed by atoms with Crippen molar-refractivity contribution in [3.8, 4) is 0 Å². The standard InChI is InChI=1S/C9H14N4O3/c1-9(2,10)4-12-6(14)5-3-11-8(16)13-7(5)15/h3H,4,10H2,1-2H3,(H,12,14)(H2,11,13,15,16). The molecule has 1 aromatic rings. The van der Waals surface area contributed by atoms with E-state index in [2.05, 4.69) is 10.3 Å². The molecule has 0 saturated heterocycles. The zero-order valence-electron chi connectivity index (χ0n) is 9.09. The van der Waals surface area contributed by atoms with Gasteiger partial charge < -0.3 is 16.0 Å². The predicted molar refractivity (Wildman–Crippen MR) is 58.3 cm³/mol. The number of rotatable bonds is 3. The third kappa shape index (κ3) is 3.35. The lowest BCUT2D eigenvalue weighted by Crippen LogP contribution is -2.46. The summed E-state index contributed by atoms with van der Waals surface area (Å²) in [5.41, 5.74) is 3.57. The average molecular weight is 226 g/mol. The third-order valence-electron chi connectivity index (χ3n) is 1.77. The molecule has 1 aromatic heterocycles. The molecule has 0 spiro atoms. The molecule has 88 valence electrons. The van der Waals surface area contributed by atoms with Gasteiger partial charge >= 0.3 is 5.69 Å². The van der Waals surface area contributed by atoms with E-state index >= 15 is 0 Å². The predicted octanol–water partition coefficient (Wildman–Crippen LogP) is -1.47. The number of hydrogen-bond acceptors (Lipinski definition) is 4. The quantitative estimate of drug-likeness (QED) is 0.502. The molecule has 0 bridgehead atoms. The molecule has 1 amide bonds. The van der Waals surface area contributed by atoms with Crippen LogP contribution in [0.3, 0.4) is 0 Å². The number of aromatic amines is 2. The number of aromatic nitrogens is 2. The summed E-state index contributed by atoms with van der Waals surface area (Å²) in [5, 5.41) is 2.49. The Morgan fingerprint density at radius 1 is 1.50 bits per heavy atom. The third-order valence-corrected chi connectivity index (χ3v) is 1.77. The van der Waals surface area contributed by atoms with Gasteiger partial charge in [0.05, 0.1) is 0 Å². The largest absolute Gasteiger partial charge is 0.350 e. The van der Waals surface area contributed by atoms with Gasteiger partial charge in [-0.3, -0.25) is 14.6 Å². The maximum absolute atomic E-state index is 11.5. The van der Waals surface area contributed by atoms with Gasteiger partial charge in [0.2, 0.25) is 0 Å². The van der Waals surface area contributed by atoms with Gasteiger partial charge in [0.1, 0.15) is 5.56 Å². The first-order chi connectivity index (χ1) is 7.29. The van der Waals surface area contributed by atoms with Crippen molar-refractivity contribution in [2.24, 2.45) is 5.73 Å². The Labute approximate surface area is 91.1 Å². The van der Waals surface area contributed by atoms with E-state index in [0.29, 0.717) is 0 Å². The Morgan fingerprint density at radius 2 is 2.12 bits per heavy atom. The molecule has 0 aromatic carbocycles. The van der Waals surface area contributed by atoms with Crippen molar-refractivity contribution in [2.45, 2.75) is 19.4 Å². The molecule has 0 fully saturated rings. The number of nitrogens with two attached hydrogens (primary N) is 1. The number of hydrogen-bond donors (Lipinski definition) is 4. The fourth-order valence-corrected chi connectivity index (χ4v) is 0.982. The van der Waals surface area contributed by atoms with Crippen LogP contribution in [-0.2, 0) is 0 Å². The number of carbonyl (C=O) groups is 1. The molecule has 7 heteroatoms. The minimum absolute atomic E-state index is 0.149. The Kier molecular flexibility index (Phi) is 3.28. The van der Waals surface area contributed by atoms with Crippen LogP contribution in [0.15, 0.2) is 15.8 Å². The van der Waals surface area contributed by atoms with Crippen molar-refractivity contribution in [3.05, 3.63) is 32.6 Å². The summed E-state index contributed by atoms with van der Waals surface area (Å²) in [4.78, 5) is 37.6. The molecule has 0 unspecified atom stereocenters. The van der Waals surface area contributed by atoms with Crippen molar-refractivity contribution in [3.63, 3.8) is 0 Å². The van der Waals surface area contributed by atoms with Crippen LogP contribution in [0, 0.1) is 0 Å². The van der Waals surface area contributed by atoms with Crippen molar-refractivity contribution in [1.82, 2.24) is 15.3 Å². The van der Waals surface area contributed by atoms with Crippen LogP contribution in [0.5, 0.6) is 0 Å². The molecule has 16 heavy (non-hydrogen) atoms. The summed E-state index contributed by atoms with van der Waals surface area (Å²) >= 11 is 0. The molecular weight excluding hydrogens is 212 g/mol. The highest BCUT2D eigenvalue weighted by Crippen LogP contribution is 1.94. The number of carbonyl (C=O) groups excluding carboxylic acids is 1. The van der Waals surface area contributed by atoms with Crippen LogP contribution < -0.4 is 22.3 Å². The zero-order valence-corrected chi connectivity index (χ0v) is 9.09. The van der Waals surface area contributed by atoms with Gasteiger partial charge in [-0.25, -0.2) is 4.79 Å². The van der Waals surface area contributed by atoms with Crippen LogP contribution >= 0.6 is 0 Å². The van der Waals surface area contributed by atoms with Gasteiger partial charge in [0.15, 0.2) is 0 Å². The fourth-order valence-electron chi connectivity index (χ4n) is 0.982. The summed E-state index contributed by atoms with van der Waals surface area (Å²) in [6.45, 7) is 3.71. The lowest BCUT2D eigenvalue weighted by Gasteiger charge is -2.18. The second-order valence-corrected chi connectivity index (χ2v) is 4.16. The molecule has 0 aliphatic heterocycles. The highest BCUT2D eigenvalue weighted by Gasteiger charge is 2.15. The maximum atomic E-state index is 11.5. The zero-order chi connectivity index (χ0) is 12.3. The molecule has 0 saturated carbocycles. The van der Waals surface area contributed by atoms with E-state index < -0.39 is 22.7 Å². The van der Waals surface area contributed by atoms with Crippen molar-refractivity contribution in [1.29, 1.82) is 0 Å². The molecule has 0 aliphatic carbocycles. The van der Waals surface area contributed by atoms with Crippen LogP contribution in [0.4, 0.5) is 0 Å². The van der Waals surface area contributed by atoms with E-state index in [0.717, 1.165) is 6.20 Å². The van der Waals surface area contributed by atoms with Crippen LogP contribution in [0.25, 0.3) is 0 Å². The number of amides is 1. The van der Waals surface area contributed by atoms with E-state index in [4.69, 9.17) is 5.73 Å².